The number of anilines is 1. The molecule has 146 valence electrons. The molecule has 2 aromatic carbocycles. The number of sulfone groups is 1. The van der Waals surface area contributed by atoms with Crippen LogP contribution in [0.15, 0.2) is 39.7 Å². The molecule has 0 atom stereocenters. The molecule has 0 aromatic heterocycles. The second-order valence-electron chi connectivity index (χ2n) is 5.71. The summed E-state index contributed by atoms with van der Waals surface area (Å²) in [6.07, 6.45) is 1.80. The van der Waals surface area contributed by atoms with Crippen molar-refractivity contribution in [2.45, 2.75) is 18.2 Å². The van der Waals surface area contributed by atoms with Gasteiger partial charge in [-0.3, -0.25) is 4.79 Å². The Morgan fingerprint density at radius 1 is 1.26 bits per heavy atom. The van der Waals surface area contributed by atoms with Gasteiger partial charge >= 0.3 is 0 Å². The van der Waals surface area contributed by atoms with Crippen LogP contribution in [0.1, 0.15) is 23.7 Å². The Bertz CT molecular complexity index is 962. The average Bonchev–Trinajstić information content (AvgIpc) is 2.60. The molecule has 0 saturated heterocycles. The van der Waals surface area contributed by atoms with Gasteiger partial charge in [-0.1, -0.05) is 6.92 Å². The van der Waals surface area contributed by atoms with Gasteiger partial charge in [0.1, 0.15) is 5.82 Å². The second-order valence-corrected chi connectivity index (χ2v) is 8.58. The molecule has 0 aliphatic rings. The molecular weight excluding hydrogens is 441 g/mol. The zero-order valence-corrected chi connectivity index (χ0v) is 17.4. The summed E-state index contributed by atoms with van der Waals surface area (Å²) in [7, 11) is -2.09. The minimum absolute atomic E-state index is 0.0960. The van der Waals surface area contributed by atoms with Gasteiger partial charge in [0.15, 0.2) is 21.3 Å². The molecule has 2 aromatic rings. The zero-order chi connectivity index (χ0) is 20.2. The van der Waals surface area contributed by atoms with E-state index >= 15 is 0 Å². The van der Waals surface area contributed by atoms with Crippen molar-refractivity contribution in [1.82, 2.24) is 0 Å². The summed E-state index contributed by atoms with van der Waals surface area (Å²) in [4.78, 5) is 12.4. The number of carbonyl (C=O) groups is 1. The highest BCUT2D eigenvalue weighted by atomic mass is 79.9. The van der Waals surface area contributed by atoms with Crippen LogP contribution in [-0.2, 0) is 9.84 Å². The van der Waals surface area contributed by atoms with Crippen molar-refractivity contribution in [3.8, 4) is 11.5 Å². The number of rotatable bonds is 7. The maximum atomic E-state index is 14.0. The third-order valence-electron chi connectivity index (χ3n) is 3.56. The molecule has 0 bridgehead atoms. The first-order valence-corrected chi connectivity index (χ1v) is 10.7. The fourth-order valence-corrected chi connectivity index (χ4v) is 3.42. The van der Waals surface area contributed by atoms with Crippen LogP contribution in [0.4, 0.5) is 10.1 Å². The number of nitrogens with one attached hydrogen (secondary N) is 1. The summed E-state index contributed by atoms with van der Waals surface area (Å²) in [5.41, 5.74) is -0.0453. The first kappa shape index (κ1) is 21.2. The first-order chi connectivity index (χ1) is 12.7. The summed E-state index contributed by atoms with van der Waals surface area (Å²) in [6, 6.07) is 6.18. The number of carbonyl (C=O) groups excluding carboxylic acids is 1. The van der Waals surface area contributed by atoms with E-state index in [1.165, 1.54) is 19.2 Å². The molecule has 0 saturated carbocycles. The normalized spacial score (nSPS) is 11.1. The van der Waals surface area contributed by atoms with Crippen molar-refractivity contribution in [2.24, 2.45) is 0 Å². The molecule has 0 unspecified atom stereocenters. The molecule has 1 N–H and O–H groups in total. The maximum Gasteiger partial charge on any atom is 0.255 e. The quantitative estimate of drug-likeness (QED) is 0.631. The smallest absolute Gasteiger partial charge is 0.255 e. The van der Waals surface area contributed by atoms with Gasteiger partial charge in [-0.05, 0) is 52.7 Å². The largest absolute Gasteiger partial charge is 0.493 e. The lowest BCUT2D eigenvalue weighted by Gasteiger charge is -2.14. The van der Waals surface area contributed by atoms with Crippen LogP contribution in [0.5, 0.6) is 11.5 Å². The highest BCUT2D eigenvalue weighted by Gasteiger charge is 2.18. The highest BCUT2D eigenvalue weighted by Crippen LogP contribution is 2.37. The first-order valence-electron chi connectivity index (χ1n) is 7.98. The van der Waals surface area contributed by atoms with E-state index in [9.17, 15) is 17.6 Å². The Kier molecular flexibility index (Phi) is 6.83. The molecule has 0 heterocycles. The number of hydrogen-bond donors (Lipinski definition) is 1. The molecule has 0 aliphatic carbocycles. The van der Waals surface area contributed by atoms with Crippen molar-refractivity contribution in [1.29, 1.82) is 0 Å². The Morgan fingerprint density at radius 3 is 2.56 bits per heavy atom. The number of hydrogen-bond acceptors (Lipinski definition) is 5. The molecule has 0 aliphatic heterocycles. The topological polar surface area (TPSA) is 81.7 Å². The van der Waals surface area contributed by atoms with Gasteiger partial charge in [0, 0.05) is 11.8 Å². The number of halogens is 2. The average molecular weight is 460 g/mol. The van der Waals surface area contributed by atoms with E-state index in [1.807, 2.05) is 6.92 Å². The number of methoxy groups -OCH3 is 1. The van der Waals surface area contributed by atoms with E-state index in [0.717, 1.165) is 30.9 Å². The Hall–Kier alpha value is -2.13. The van der Waals surface area contributed by atoms with Crippen molar-refractivity contribution in [2.75, 3.05) is 25.3 Å². The monoisotopic (exact) mass is 459 g/mol. The predicted octanol–water partition coefficient (Wildman–Crippen LogP) is 4.04. The van der Waals surface area contributed by atoms with Crippen LogP contribution in [0.3, 0.4) is 0 Å². The molecule has 0 fully saturated rings. The van der Waals surface area contributed by atoms with Gasteiger partial charge < -0.3 is 14.8 Å². The summed E-state index contributed by atoms with van der Waals surface area (Å²) >= 11 is 3.34. The minimum Gasteiger partial charge on any atom is -0.493 e. The van der Waals surface area contributed by atoms with Crippen LogP contribution >= 0.6 is 15.9 Å². The number of amides is 1. The Labute approximate surface area is 165 Å². The molecule has 6 nitrogen and oxygen atoms in total. The van der Waals surface area contributed by atoms with E-state index in [2.05, 4.69) is 21.2 Å². The van der Waals surface area contributed by atoms with Crippen molar-refractivity contribution in [3.05, 3.63) is 46.2 Å². The molecular formula is C18H19BrFNO5S. The second kappa shape index (κ2) is 8.71. The fraction of sp³-hybridized carbons (Fsp3) is 0.278. The van der Waals surface area contributed by atoms with Crippen LogP contribution in [-0.4, -0.2) is 34.3 Å². The summed E-state index contributed by atoms with van der Waals surface area (Å²) in [6.45, 7) is 2.44. The van der Waals surface area contributed by atoms with Crippen LogP contribution in [0.25, 0.3) is 0 Å². The summed E-state index contributed by atoms with van der Waals surface area (Å²) < 4.78 is 48.6. The third kappa shape index (κ3) is 5.20. The van der Waals surface area contributed by atoms with E-state index < -0.39 is 21.6 Å². The van der Waals surface area contributed by atoms with Gasteiger partial charge in [-0.25, -0.2) is 12.8 Å². The lowest BCUT2D eigenvalue weighted by atomic mass is 10.1. The third-order valence-corrected chi connectivity index (χ3v) is 5.26. The van der Waals surface area contributed by atoms with Crippen molar-refractivity contribution in [3.63, 3.8) is 0 Å². The number of benzene rings is 2. The van der Waals surface area contributed by atoms with E-state index in [-0.39, 0.29) is 16.1 Å². The molecule has 27 heavy (non-hydrogen) atoms. The van der Waals surface area contributed by atoms with Gasteiger partial charge in [-0.15, -0.1) is 0 Å². The molecule has 0 radical (unpaired) electrons. The van der Waals surface area contributed by atoms with Crippen molar-refractivity contribution >= 4 is 37.4 Å². The fourth-order valence-electron chi connectivity index (χ4n) is 2.22. The zero-order valence-electron chi connectivity index (χ0n) is 15.0. The van der Waals surface area contributed by atoms with Gasteiger partial charge in [0.2, 0.25) is 0 Å². The van der Waals surface area contributed by atoms with Crippen LogP contribution in [0.2, 0.25) is 0 Å². The van der Waals surface area contributed by atoms with Gasteiger partial charge in [0.05, 0.1) is 28.8 Å². The van der Waals surface area contributed by atoms with Crippen molar-refractivity contribution < 1.29 is 27.1 Å². The highest BCUT2D eigenvalue weighted by molar-refractivity contribution is 9.10. The Morgan fingerprint density at radius 2 is 1.96 bits per heavy atom. The Balaban J connectivity index is 2.35. The summed E-state index contributed by atoms with van der Waals surface area (Å²) in [5.74, 6) is -0.570. The van der Waals surface area contributed by atoms with Crippen LogP contribution < -0.4 is 14.8 Å². The van der Waals surface area contributed by atoms with E-state index in [4.69, 9.17) is 9.47 Å². The minimum atomic E-state index is -3.54. The molecule has 9 heteroatoms. The maximum absolute atomic E-state index is 14.0. The molecule has 2 rings (SSSR count). The lowest BCUT2D eigenvalue weighted by Crippen LogP contribution is -2.14. The predicted molar refractivity (Wildman–Crippen MR) is 104 cm³/mol. The van der Waals surface area contributed by atoms with E-state index in [1.54, 1.807) is 0 Å². The molecule has 0 spiro atoms. The van der Waals surface area contributed by atoms with Gasteiger partial charge in [-0.2, -0.15) is 0 Å². The SMILES string of the molecule is CCCOc1c(Br)cc(C(=O)Nc2cc(S(C)(=O)=O)ccc2F)cc1OC. The van der Waals surface area contributed by atoms with E-state index in [0.29, 0.717) is 22.6 Å². The summed E-state index contributed by atoms with van der Waals surface area (Å²) in [5, 5.41) is 2.38. The number of ether oxygens (including phenoxy) is 2. The van der Waals surface area contributed by atoms with Gasteiger partial charge in [0.25, 0.3) is 5.91 Å². The standard InChI is InChI=1S/C18H19BrFNO5S/c1-4-7-26-17-13(19)8-11(9-16(17)25-2)18(22)21-15-10-12(27(3,23)24)5-6-14(15)20/h5-6,8-10H,4,7H2,1-3H3,(H,21,22). The molecule has 1 amide bonds. The van der Waals surface area contributed by atoms with Crippen LogP contribution in [0, 0.1) is 5.82 Å². The lowest BCUT2D eigenvalue weighted by molar-refractivity contribution is 0.102.